The molecule has 0 aliphatic heterocycles. The van der Waals surface area contributed by atoms with Crippen LogP contribution in [0.25, 0.3) is 0 Å². The van der Waals surface area contributed by atoms with Gasteiger partial charge in [-0.2, -0.15) is 0 Å². The van der Waals surface area contributed by atoms with Gasteiger partial charge in [0.2, 0.25) is 0 Å². The van der Waals surface area contributed by atoms with E-state index >= 15 is 0 Å². The van der Waals surface area contributed by atoms with Crippen molar-refractivity contribution in [1.29, 1.82) is 0 Å². The Hall–Kier alpha value is -1.45. The SMILES string of the molecule is Cc1ncc(O)c(C=O)n1. The maximum atomic E-state index is 10.1. The maximum Gasteiger partial charge on any atom is 0.172 e. The minimum absolute atomic E-state index is 0.0347. The highest BCUT2D eigenvalue weighted by atomic mass is 16.3. The Kier molecular flexibility index (Phi) is 1.62. The molecule has 0 radical (unpaired) electrons. The zero-order valence-electron chi connectivity index (χ0n) is 5.40. The summed E-state index contributed by atoms with van der Waals surface area (Å²) in [5.41, 5.74) is 0.0347. The van der Waals surface area contributed by atoms with Crippen molar-refractivity contribution in [1.82, 2.24) is 9.97 Å². The normalized spacial score (nSPS) is 9.30. The Bertz CT molecular complexity index is 260. The van der Waals surface area contributed by atoms with E-state index in [2.05, 4.69) is 9.97 Å². The standard InChI is InChI=1S/C6H6N2O2/c1-4-7-2-6(10)5(3-9)8-4/h2-3,10H,1H3. The van der Waals surface area contributed by atoms with Gasteiger partial charge in [-0.15, -0.1) is 0 Å². The van der Waals surface area contributed by atoms with Crippen LogP contribution in [-0.4, -0.2) is 21.4 Å². The van der Waals surface area contributed by atoms with Gasteiger partial charge in [-0.1, -0.05) is 0 Å². The first-order chi connectivity index (χ1) is 4.74. The third-order valence-corrected chi connectivity index (χ3v) is 1.03. The number of aldehydes is 1. The first-order valence-corrected chi connectivity index (χ1v) is 2.72. The molecule has 4 nitrogen and oxygen atoms in total. The van der Waals surface area contributed by atoms with Crippen molar-refractivity contribution in [2.75, 3.05) is 0 Å². The van der Waals surface area contributed by atoms with E-state index in [1.165, 1.54) is 6.20 Å². The molecule has 1 heterocycles. The zero-order chi connectivity index (χ0) is 7.56. The van der Waals surface area contributed by atoms with Crippen LogP contribution < -0.4 is 0 Å². The summed E-state index contributed by atoms with van der Waals surface area (Å²) >= 11 is 0. The summed E-state index contributed by atoms with van der Waals surface area (Å²) in [6.07, 6.45) is 1.69. The number of hydrogen-bond donors (Lipinski definition) is 1. The quantitative estimate of drug-likeness (QED) is 0.567. The van der Waals surface area contributed by atoms with Crippen molar-refractivity contribution in [3.8, 4) is 5.75 Å². The van der Waals surface area contributed by atoms with E-state index in [0.29, 0.717) is 12.1 Å². The number of carbonyl (C=O) groups is 1. The summed E-state index contributed by atoms with van der Waals surface area (Å²) < 4.78 is 0. The van der Waals surface area contributed by atoms with Crippen LogP contribution in [0.2, 0.25) is 0 Å². The number of hydrogen-bond acceptors (Lipinski definition) is 4. The Labute approximate surface area is 57.6 Å². The van der Waals surface area contributed by atoms with Crippen LogP contribution in [0, 0.1) is 6.92 Å². The Morgan fingerprint density at radius 3 is 2.90 bits per heavy atom. The summed E-state index contributed by atoms with van der Waals surface area (Å²) in [7, 11) is 0. The van der Waals surface area contributed by atoms with Crippen LogP contribution in [0.3, 0.4) is 0 Å². The smallest absolute Gasteiger partial charge is 0.172 e. The summed E-state index contributed by atoms with van der Waals surface area (Å²) in [4.78, 5) is 17.5. The molecule has 0 aromatic carbocycles. The molecule has 0 aliphatic rings. The number of aryl methyl sites for hydroxylation is 1. The lowest BCUT2D eigenvalue weighted by Gasteiger charge is -1.94. The lowest BCUT2D eigenvalue weighted by atomic mass is 10.4. The minimum atomic E-state index is -0.180. The molecule has 52 valence electrons. The van der Waals surface area contributed by atoms with E-state index in [4.69, 9.17) is 5.11 Å². The molecule has 10 heavy (non-hydrogen) atoms. The van der Waals surface area contributed by atoms with Crippen molar-refractivity contribution in [3.05, 3.63) is 17.7 Å². The summed E-state index contributed by atoms with van der Waals surface area (Å²) in [6.45, 7) is 1.65. The highest BCUT2D eigenvalue weighted by molar-refractivity contribution is 5.75. The van der Waals surface area contributed by atoms with Gasteiger partial charge >= 0.3 is 0 Å². The minimum Gasteiger partial charge on any atom is -0.504 e. The molecule has 0 atom stereocenters. The molecule has 0 fully saturated rings. The third kappa shape index (κ3) is 1.10. The van der Waals surface area contributed by atoms with E-state index in [1.807, 2.05) is 0 Å². The summed E-state index contributed by atoms with van der Waals surface area (Å²) in [6, 6.07) is 0. The number of aromatic nitrogens is 2. The molecular weight excluding hydrogens is 132 g/mol. The van der Waals surface area contributed by atoms with E-state index in [0.717, 1.165) is 0 Å². The van der Waals surface area contributed by atoms with Crippen molar-refractivity contribution in [2.45, 2.75) is 6.92 Å². The molecular formula is C6H6N2O2. The van der Waals surface area contributed by atoms with Crippen LogP contribution >= 0.6 is 0 Å². The summed E-state index contributed by atoms with van der Waals surface area (Å²) in [5.74, 6) is 0.292. The van der Waals surface area contributed by atoms with Crippen LogP contribution in [-0.2, 0) is 0 Å². The van der Waals surface area contributed by atoms with Gasteiger partial charge in [0.1, 0.15) is 11.5 Å². The summed E-state index contributed by atoms with van der Waals surface area (Å²) in [5, 5.41) is 8.88. The fourth-order valence-corrected chi connectivity index (χ4v) is 0.568. The largest absolute Gasteiger partial charge is 0.504 e. The van der Waals surface area contributed by atoms with Crippen LogP contribution in [0.1, 0.15) is 16.3 Å². The molecule has 1 N–H and O–H groups in total. The molecule has 0 bridgehead atoms. The topological polar surface area (TPSA) is 63.1 Å². The first kappa shape index (κ1) is 6.67. The fraction of sp³-hybridized carbons (Fsp3) is 0.167. The van der Waals surface area contributed by atoms with Gasteiger partial charge in [-0.05, 0) is 6.92 Å². The van der Waals surface area contributed by atoms with E-state index in [1.54, 1.807) is 6.92 Å². The van der Waals surface area contributed by atoms with Gasteiger partial charge in [0.15, 0.2) is 12.0 Å². The second-order valence-electron chi connectivity index (χ2n) is 1.81. The molecule has 1 aromatic rings. The molecule has 0 saturated heterocycles. The lowest BCUT2D eigenvalue weighted by Crippen LogP contribution is -1.92. The molecule has 0 spiro atoms. The highest BCUT2D eigenvalue weighted by Crippen LogP contribution is 2.08. The fourth-order valence-electron chi connectivity index (χ4n) is 0.568. The van der Waals surface area contributed by atoms with Crippen molar-refractivity contribution >= 4 is 6.29 Å². The third-order valence-electron chi connectivity index (χ3n) is 1.03. The second kappa shape index (κ2) is 2.43. The van der Waals surface area contributed by atoms with Crippen molar-refractivity contribution < 1.29 is 9.90 Å². The molecule has 0 amide bonds. The monoisotopic (exact) mass is 138 g/mol. The molecule has 4 heteroatoms. The van der Waals surface area contributed by atoms with Gasteiger partial charge in [-0.3, -0.25) is 4.79 Å². The van der Waals surface area contributed by atoms with E-state index in [-0.39, 0.29) is 11.4 Å². The van der Waals surface area contributed by atoms with Gasteiger partial charge in [0, 0.05) is 0 Å². The Morgan fingerprint density at radius 2 is 2.40 bits per heavy atom. The lowest BCUT2D eigenvalue weighted by molar-refractivity contribution is 0.111. The average Bonchev–Trinajstić information content (AvgIpc) is 1.94. The Balaban J connectivity index is 3.21. The van der Waals surface area contributed by atoms with Crippen molar-refractivity contribution in [3.63, 3.8) is 0 Å². The van der Waals surface area contributed by atoms with Crippen LogP contribution in [0.15, 0.2) is 6.20 Å². The number of nitrogens with zero attached hydrogens (tertiary/aromatic N) is 2. The second-order valence-corrected chi connectivity index (χ2v) is 1.81. The van der Waals surface area contributed by atoms with Gasteiger partial charge in [0.05, 0.1) is 6.20 Å². The molecule has 0 aliphatic carbocycles. The van der Waals surface area contributed by atoms with E-state index < -0.39 is 0 Å². The van der Waals surface area contributed by atoms with Crippen LogP contribution in [0.5, 0.6) is 5.75 Å². The van der Waals surface area contributed by atoms with Gasteiger partial charge in [0.25, 0.3) is 0 Å². The average molecular weight is 138 g/mol. The number of aromatic hydroxyl groups is 1. The highest BCUT2D eigenvalue weighted by Gasteiger charge is 2.00. The molecule has 0 unspecified atom stereocenters. The molecule has 1 rings (SSSR count). The number of carbonyl (C=O) groups excluding carboxylic acids is 1. The maximum absolute atomic E-state index is 10.1. The number of rotatable bonds is 1. The van der Waals surface area contributed by atoms with Crippen molar-refractivity contribution in [2.24, 2.45) is 0 Å². The predicted molar refractivity (Wildman–Crippen MR) is 33.8 cm³/mol. The predicted octanol–water partition coefficient (Wildman–Crippen LogP) is 0.303. The van der Waals surface area contributed by atoms with E-state index in [9.17, 15) is 4.79 Å². The van der Waals surface area contributed by atoms with Crippen LogP contribution in [0.4, 0.5) is 0 Å². The van der Waals surface area contributed by atoms with Gasteiger partial charge in [-0.25, -0.2) is 9.97 Å². The first-order valence-electron chi connectivity index (χ1n) is 2.72. The molecule has 1 aromatic heterocycles. The zero-order valence-corrected chi connectivity index (χ0v) is 5.40. The Morgan fingerprint density at radius 1 is 1.70 bits per heavy atom. The molecule has 0 saturated carbocycles. The van der Waals surface area contributed by atoms with Gasteiger partial charge < -0.3 is 5.11 Å².